The highest BCUT2D eigenvalue weighted by Gasteiger charge is 2.41. The minimum Gasteiger partial charge on any atom is -0.445 e. The molecule has 0 bridgehead atoms. The molecule has 1 amide bonds. The first-order valence-corrected chi connectivity index (χ1v) is 7.45. The Hall–Kier alpha value is -1.22. The van der Waals surface area contributed by atoms with Crippen molar-refractivity contribution in [1.82, 2.24) is 4.90 Å². The Morgan fingerprint density at radius 2 is 2.05 bits per heavy atom. The Kier molecular flexibility index (Phi) is 4.59. The van der Waals surface area contributed by atoms with E-state index < -0.39 is 0 Å². The lowest BCUT2D eigenvalue weighted by Crippen LogP contribution is -2.54. The molecule has 0 saturated carbocycles. The number of nitrogens with zero attached hydrogens (tertiary/aromatic N) is 1. The first kappa shape index (κ1) is 15.2. The molecule has 0 unspecified atom stereocenters. The molecule has 2 atom stereocenters. The molecule has 4 heteroatoms. The van der Waals surface area contributed by atoms with Crippen molar-refractivity contribution in [3.63, 3.8) is 0 Å². The molecule has 0 radical (unpaired) electrons. The number of piperidine rings is 1. The summed E-state index contributed by atoms with van der Waals surface area (Å²) in [6.07, 6.45) is 0.637. The number of carbonyl (C=O) groups excluding carboxylic acids is 1. The van der Waals surface area contributed by atoms with E-state index in [2.05, 4.69) is 20.8 Å². The Labute approximate surface area is 125 Å². The topological polar surface area (TPSA) is 29.5 Å². The molecule has 1 aromatic carbocycles. The van der Waals surface area contributed by atoms with Gasteiger partial charge in [-0.25, -0.2) is 4.79 Å². The summed E-state index contributed by atoms with van der Waals surface area (Å²) in [5.41, 5.74) is 1.00. The van der Waals surface area contributed by atoms with E-state index in [-0.39, 0.29) is 22.9 Å². The van der Waals surface area contributed by atoms with Crippen LogP contribution >= 0.6 is 11.6 Å². The predicted octanol–water partition coefficient (Wildman–Crippen LogP) is 4.05. The molecule has 2 rings (SSSR count). The second-order valence-corrected chi connectivity index (χ2v) is 6.78. The Bertz CT molecular complexity index is 461. The summed E-state index contributed by atoms with van der Waals surface area (Å²) in [6, 6.07) is 9.83. The lowest BCUT2D eigenvalue weighted by Gasteiger charge is -2.45. The van der Waals surface area contributed by atoms with Gasteiger partial charge in [0, 0.05) is 12.6 Å². The number of benzene rings is 1. The maximum Gasteiger partial charge on any atom is 0.410 e. The van der Waals surface area contributed by atoms with Gasteiger partial charge in [0.15, 0.2) is 0 Å². The number of ether oxygens (including phenoxy) is 1. The minimum atomic E-state index is -0.278. The van der Waals surface area contributed by atoms with Crippen LogP contribution in [0.4, 0.5) is 4.79 Å². The van der Waals surface area contributed by atoms with Crippen molar-refractivity contribution in [2.75, 3.05) is 6.54 Å². The molecule has 1 saturated heterocycles. The summed E-state index contributed by atoms with van der Waals surface area (Å²) in [6.45, 7) is 7.20. The van der Waals surface area contributed by atoms with Gasteiger partial charge in [-0.2, -0.15) is 0 Å². The Balaban J connectivity index is 1.97. The van der Waals surface area contributed by atoms with Gasteiger partial charge in [-0.1, -0.05) is 44.2 Å². The largest absolute Gasteiger partial charge is 0.445 e. The fraction of sp³-hybridized carbons (Fsp3) is 0.562. The van der Waals surface area contributed by atoms with Crippen LogP contribution in [0.3, 0.4) is 0 Å². The fourth-order valence-corrected chi connectivity index (χ4v) is 3.18. The number of rotatable bonds is 2. The van der Waals surface area contributed by atoms with Gasteiger partial charge >= 0.3 is 6.09 Å². The second kappa shape index (κ2) is 6.04. The van der Waals surface area contributed by atoms with E-state index >= 15 is 0 Å². The summed E-state index contributed by atoms with van der Waals surface area (Å²) < 4.78 is 5.41. The van der Waals surface area contributed by atoms with Gasteiger partial charge in [-0.3, -0.25) is 0 Å². The quantitative estimate of drug-likeness (QED) is 0.770. The van der Waals surface area contributed by atoms with E-state index in [1.54, 1.807) is 4.90 Å². The van der Waals surface area contributed by atoms with Crippen LogP contribution in [-0.4, -0.2) is 29.0 Å². The molecule has 1 heterocycles. The normalized spacial score (nSPS) is 25.3. The van der Waals surface area contributed by atoms with Gasteiger partial charge in [0.2, 0.25) is 0 Å². The molecule has 1 fully saturated rings. The summed E-state index contributed by atoms with van der Waals surface area (Å²) in [4.78, 5) is 14.0. The van der Waals surface area contributed by atoms with Gasteiger partial charge in [-0.15, -0.1) is 11.6 Å². The molecule has 1 aliphatic heterocycles. The van der Waals surface area contributed by atoms with Crippen LogP contribution in [0.2, 0.25) is 0 Å². The van der Waals surface area contributed by atoms with Crippen molar-refractivity contribution in [3.05, 3.63) is 35.9 Å². The summed E-state index contributed by atoms with van der Waals surface area (Å²) in [7, 11) is 0. The molecule has 0 aliphatic carbocycles. The zero-order valence-electron chi connectivity index (χ0n) is 12.3. The highest BCUT2D eigenvalue weighted by molar-refractivity contribution is 6.21. The number of likely N-dealkylation sites (tertiary alicyclic amines) is 1. The maximum absolute atomic E-state index is 12.3. The lowest BCUT2D eigenvalue weighted by molar-refractivity contribution is 0.0290. The molecule has 3 nitrogen and oxygen atoms in total. The molecule has 1 aromatic rings. The van der Waals surface area contributed by atoms with Crippen LogP contribution in [0.15, 0.2) is 30.3 Å². The first-order chi connectivity index (χ1) is 9.40. The molecular formula is C16H22ClNO2. The minimum absolute atomic E-state index is 0.00882. The van der Waals surface area contributed by atoms with Crippen molar-refractivity contribution >= 4 is 17.7 Å². The SMILES string of the molecule is C[C@@H]1N(C(=O)OCc2ccccc2)C[C@H](Cl)CC1(C)C. The van der Waals surface area contributed by atoms with Gasteiger partial charge in [-0.05, 0) is 24.3 Å². The third kappa shape index (κ3) is 3.45. The van der Waals surface area contributed by atoms with Crippen LogP contribution in [0.5, 0.6) is 0 Å². The van der Waals surface area contributed by atoms with Crippen molar-refractivity contribution in [3.8, 4) is 0 Å². The zero-order valence-corrected chi connectivity index (χ0v) is 13.1. The third-order valence-corrected chi connectivity index (χ3v) is 4.47. The van der Waals surface area contributed by atoms with Crippen LogP contribution in [-0.2, 0) is 11.3 Å². The average Bonchev–Trinajstić information content (AvgIpc) is 2.41. The lowest BCUT2D eigenvalue weighted by atomic mass is 9.77. The molecule has 20 heavy (non-hydrogen) atoms. The van der Waals surface area contributed by atoms with Crippen molar-refractivity contribution in [2.45, 2.75) is 45.2 Å². The third-order valence-electron chi connectivity index (χ3n) is 4.18. The number of amides is 1. The highest BCUT2D eigenvalue weighted by Crippen LogP contribution is 2.37. The van der Waals surface area contributed by atoms with Gasteiger partial charge < -0.3 is 9.64 Å². The maximum atomic E-state index is 12.3. The molecule has 0 N–H and O–H groups in total. The van der Waals surface area contributed by atoms with E-state index in [1.165, 1.54) is 0 Å². The number of hydrogen-bond donors (Lipinski definition) is 0. The molecule has 0 spiro atoms. The fourth-order valence-electron chi connectivity index (χ4n) is 2.63. The monoisotopic (exact) mass is 295 g/mol. The van der Waals surface area contributed by atoms with Gasteiger partial charge in [0.25, 0.3) is 0 Å². The first-order valence-electron chi connectivity index (χ1n) is 7.01. The number of carbonyl (C=O) groups is 1. The number of hydrogen-bond acceptors (Lipinski definition) is 2. The molecule has 0 aromatic heterocycles. The van der Waals surface area contributed by atoms with E-state index in [0.717, 1.165) is 12.0 Å². The summed E-state index contributed by atoms with van der Waals surface area (Å²) >= 11 is 6.27. The smallest absolute Gasteiger partial charge is 0.410 e. The second-order valence-electron chi connectivity index (χ2n) is 6.16. The van der Waals surface area contributed by atoms with Crippen LogP contribution in [0, 0.1) is 5.41 Å². The van der Waals surface area contributed by atoms with Gasteiger partial charge in [0.1, 0.15) is 6.61 Å². The summed E-state index contributed by atoms with van der Waals surface area (Å²) in [5.74, 6) is 0. The highest BCUT2D eigenvalue weighted by atomic mass is 35.5. The standard InChI is InChI=1S/C16H22ClNO2/c1-12-16(2,3)9-14(17)10-18(12)15(19)20-11-13-7-5-4-6-8-13/h4-8,12,14H,9-11H2,1-3H3/t12-,14+/m0/s1. The van der Waals surface area contributed by atoms with Crippen molar-refractivity contribution in [2.24, 2.45) is 5.41 Å². The molecular weight excluding hydrogens is 274 g/mol. The zero-order chi connectivity index (χ0) is 14.8. The van der Waals surface area contributed by atoms with Gasteiger partial charge in [0.05, 0.1) is 5.38 Å². The summed E-state index contributed by atoms with van der Waals surface area (Å²) in [5, 5.41) is -0.00882. The van der Waals surface area contributed by atoms with E-state index in [0.29, 0.717) is 13.2 Å². The molecule has 1 aliphatic rings. The van der Waals surface area contributed by atoms with Crippen molar-refractivity contribution in [1.29, 1.82) is 0 Å². The predicted molar refractivity (Wildman–Crippen MR) is 80.8 cm³/mol. The Morgan fingerprint density at radius 3 is 2.70 bits per heavy atom. The van der Waals surface area contributed by atoms with Crippen LogP contribution < -0.4 is 0 Å². The number of alkyl halides is 1. The Morgan fingerprint density at radius 1 is 1.40 bits per heavy atom. The van der Waals surface area contributed by atoms with Crippen LogP contribution in [0.1, 0.15) is 32.8 Å². The van der Waals surface area contributed by atoms with E-state index in [1.807, 2.05) is 30.3 Å². The average molecular weight is 296 g/mol. The number of halogens is 1. The molecule has 110 valence electrons. The van der Waals surface area contributed by atoms with E-state index in [4.69, 9.17) is 16.3 Å². The van der Waals surface area contributed by atoms with E-state index in [9.17, 15) is 4.79 Å². The van der Waals surface area contributed by atoms with Crippen molar-refractivity contribution < 1.29 is 9.53 Å². The van der Waals surface area contributed by atoms with Crippen LogP contribution in [0.25, 0.3) is 0 Å².